The highest BCUT2D eigenvalue weighted by Crippen LogP contribution is 2.44. The topological polar surface area (TPSA) is 57.7 Å². The largest absolute Gasteiger partial charge is 0.312 e. The van der Waals surface area contributed by atoms with Crippen molar-refractivity contribution in [3.8, 4) is 0 Å². The molecule has 142 valence electrons. The van der Waals surface area contributed by atoms with Gasteiger partial charge in [0.15, 0.2) is 0 Å². The van der Waals surface area contributed by atoms with E-state index in [1.165, 1.54) is 4.31 Å². The molecule has 0 bridgehead atoms. The van der Waals surface area contributed by atoms with Crippen LogP contribution in [0.25, 0.3) is 0 Å². The summed E-state index contributed by atoms with van der Waals surface area (Å²) in [5.41, 5.74) is 0.467. The van der Waals surface area contributed by atoms with Gasteiger partial charge < -0.3 is 4.90 Å². The second-order valence-corrected chi connectivity index (χ2v) is 10.0. The lowest BCUT2D eigenvalue weighted by molar-refractivity contribution is -0.127. The average molecular weight is 449 g/mol. The molecule has 2 aromatic rings. The lowest BCUT2D eigenvalue weighted by Crippen LogP contribution is -2.46. The number of amides is 1. The Kier molecular flexibility index (Phi) is 4.86. The van der Waals surface area contributed by atoms with Crippen molar-refractivity contribution in [3.05, 3.63) is 59.1 Å². The van der Waals surface area contributed by atoms with Crippen LogP contribution >= 0.6 is 15.9 Å². The first-order valence-corrected chi connectivity index (χ1v) is 11.3. The highest BCUT2D eigenvalue weighted by Gasteiger charge is 2.49. The third-order valence-corrected chi connectivity index (χ3v) is 8.15. The van der Waals surface area contributed by atoms with Crippen LogP contribution in [0, 0.1) is 5.41 Å². The molecular weight excluding hydrogens is 428 g/mol. The molecule has 0 N–H and O–H groups in total. The minimum Gasteiger partial charge on any atom is -0.312 e. The fourth-order valence-electron chi connectivity index (χ4n) is 4.05. The zero-order chi connectivity index (χ0) is 19.1. The lowest BCUT2D eigenvalue weighted by atomic mass is 9.77. The summed E-state index contributed by atoms with van der Waals surface area (Å²) in [5.74, 6) is 0.126. The Hall–Kier alpha value is -1.70. The van der Waals surface area contributed by atoms with Crippen LogP contribution in [0.4, 0.5) is 5.69 Å². The third-order valence-electron chi connectivity index (χ3n) is 5.71. The van der Waals surface area contributed by atoms with E-state index in [0.717, 1.165) is 16.6 Å². The Balaban J connectivity index is 1.49. The Labute approximate surface area is 168 Å². The van der Waals surface area contributed by atoms with Gasteiger partial charge in [-0.2, -0.15) is 4.31 Å². The van der Waals surface area contributed by atoms with Gasteiger partial charge in [-0.15, -0.1) is 0 Å². The van der Waals surface area contributed by atoms with Crippen molar-refractivity contribution in [2.45, 2.75) is 24.2 Å². The summed E-state index contributed by atoms with van der Waals surface area (Å²) in [6.45, 7) is 1.46. The molecule has 2 aliphatic rings. The Morgan fingerprint density at radius 1 is 0.852 bits per heavy atom. The van der Waals surface area contributed by atoms with E-state index in [0.29, 0.717) is 37.4 Å². The number of sulfonamides is 1. The van der Waals surface area contributed by atoms with Crippen LogP contribution in [0.15, 0.2) is 64.0 Å². The van der Waals surface area contributed by atoms with Gasteiger partial charge in [0.25, 0.3) is 0 Å². The van der Waals surface area contributed by atoms with Crippen LogP contribution in [0.2, 0.25) is 0 Å². The number of hydrogen-bond donors (Lipinski definition) is 0. The molecule has 4 rings (SSSR count). The SMILES string of the molecule is O=C1N(c2ccc(Br)cc2)CCC12CCN(S(=O)(=O)c1ccccc1)CC2. The fraction of sp³-hybridized carbons (Fsp3) is 0.350. The predicted molar refractivity (Wildman–Crippen MR) is 108 cm³/mol. The van der Waals surface area contributed by atoms with E-state index in [1.807, 2.05) is 29.2 Å². The molecule has 0 saturated carbocycles. The summed E-state index contributed by atoms with van der Waals surface area (Å²) in [4.78, 5) is 15.3. The van der Waals surface area contributed by atoms with Crippen LogP contribution in [-0.2, 0) is 14.8 Å². The standard InChI is InChI=1S/C20H21BrN2O3S/c21-16-6-8-17(9-7-16)23-15-12-20(19(23)24)10-13-22(14-11-20)27(25,26)18-4-2-1-3-5-18/h1-9H,10-15H2. The second kappa shape index (κ2) is 7.04. The monoisotopic (exact) mass is 448 g/mol. The van der Waals surface area contributed by atoms with Gasteiger partial charge in [-0.05, 0) is 55.7 Å². The summed E-state index contributed by atoms with van der Waals surface area (Å²) >= 11 is 3.42. The van der Waals surface area contributed by atoms with Crippen LogP contribution in [-0.4, -0.2) is 38.3 Å². The van der Waals surface area contributed by atoms with Gasteiger partial charge in [-0.3, -0.25) is 4.79 Å². The summed E-state index contributed by atoms with van der Waals surface area (Å²) < 4.78 is 28.1. The van der Waals surface area contributed by atoms with Crippen LogP contribution < -0.4 is 4.90 Å². The highest BCUT2D eigenvalue weighted by molar-refractivity contribution is 9.10. The zero-order valence-electron chi connectivity index (χ0n) is 14.8. The Bertz CT molecular complexity index is 937. The predicted octanol–water partition coefficient (Wildman–Crippen LogP) is 3.66. The first-order valence-electron chi connectivity index (χ1n) is 9.05. The van der Waals surface area contributed by atoms with Gasteiger partial charge in [0, 0.05) is 29.8 Å². The van der Waals surface area contributed by atoms with Crippen molar-refractivity contribution < 1.29 is 13.2 Å². The van der Waals surface area contributed by atoms with Crippen LogP contribution in [0.3, 0.4) is 0 Å². The third kappa shape index (κ3) is 3.32. The smallest absolute Gasteiger partial charge is 0.243 e. The van der Waals surface area contributed by atoms with Crippen LogP contribution in [0.5, 0.6) is 0 Å². The second-order valence-electron chi connectivity index (χ2n) is 7.18. The molecule has 0 unspecified atom stereocenters. The lowest BCUT2D eigenvalue weighted by Gasteiger charge is -2.37. The van der Waals surface area contributed by atoms with Crippen molar-refractivity contribution in [2.75, 3.05) is 24.5 Å². The van der Waals surface area contributed by atoms with Crippen molar-refractivity contribution in [1.82, 2.24) is 4.31 Å². The van der Waals surface area contributed by atoms with E-state index in [-0.39, 0.29) is 5.91 Å². The number of anilines is 1. The average Bonchev–Trinajstić information content (AvgIpc) is 3.00. The first-order chi connectivity index (χ1) is 12.9. The van der Waals surface area contributed by atoms with Gasteiger partial charge in [0.05, 0.1) is 10.3 Å². The minimum atomic E-state index is -3.49. The number of halogens is 1. The molecule has 2 fully saturated rings. The Morgan fingerprint density at radius 3 is 2.07 bits per heavy atom. The molecule has 1 amide bonds. The Morgan fingerprint density at radius 2 is 1.44 bits per heavy atom. The summed E-state index contributed by atoms with van der Waals surface area (Å²) in [6.07, 6.45) is 1.93. The molecular formula is C20H21BrN2O3S. The van der Waals surface area contributed by atoms with Crippen molar-refractivity contribution in [3.63, 3.8) is 0 Å². The summed E-state index contributed by atoms with van der Waals surface area (Å²) in [7, 11) is -3.49. The molecule has 2 aromatic carbocycles. The minimum absolute atomic E-state index is 0.126. The first kappa shape index (κ1) is 18.7. The van der Waals surface area contributed by atoms with Gasteiger partial charge in [-0.1, -0.05) is 34.1 Å². The van der Waals surface area contributed by atoms with Gasteiger partial charge in [0.2, 0.25) is 15.9 Å². The number of hydrogen-bond acceptors (Lipinski definition) is 3. The highest BCUT2D eigenvalue weighted by atomic mass is 79.9. The summed E-state index contributed by atoms with van der Waals surface area (Å²) in [6, 6.07) is 16.3. The maximum Gasteiger partial charge on any atom is 0.243 e. The summed E-state index contributed by atoms with van der Waals surface area (Å²) in [5, 5.41) is 0. The van der Waals surface area contributed by atoms with Crippen molar-refractivity contribution >= 4 is 37.5 Å². The van der Waals surface area contributed by atoms with Gasteiger partial charge >= 0.3 is 0 Å². The number of rotatable bonds is 3. The fourth-order valence-corrected chi connectivity index (χ4v) is 5.77. The number of nitrogens with zero attached hydrogens (tertiary/aromatic N) is 2. The maximum absolute atomic E-state index is 13.1. The quantitative estimate of drug-likeness (QED) is 0.719. The normalized spacial score (nSPS) is 20.3. The molecule has 0 aromatic heterocycles. The number of piperidine rings is 1. The molecule has 0 aliphatic carbocycles. The molecule has 7 heteroatoms. The maximum atomic E-state index is 13.1. The molecule has 2 saturated heterocycles. The van der Waals surface area contributed by atoms with E-state index in [2.05, 4.69) is 15.9 Å². The van der Waals surface area contributed by atoms with Gasteiger partial charge in [0.1, 0.15) is 0 Å². The van der Waals surface area contributed by atoms with Crippen molar-refractivity contribution in [2.24, 2.45) is 5.41 Å². The van der Waals surface area contributed by atoms with E-state index >= 15 is 0 Å². The molecule has 0 atom stereocenters. The van der Waals surface area contributed by atoms with E-state index in [4.69, 9.17) is 0 Å². The van der Waals surface area contributed by atoms with Gasteiger partial charge in [-0.25, -0.2) is 8.42 Å². The zero-order valence-corrected chi connectivity index (χ0v) is 17.2. The molecule has 5 nitrogen and oxygen atoms in total. The number of carbonyl (C=O) groups is 1. The number of carbonyl (C=O) groups excluding carboxylic acids is 1. The molecule has 2 aliphatic heterocycles. The molecule has 1 spiro atoms. The van der Waals surface area contributed by atoms with Crippen LogP contribution in [0.1, 0.15) is 19.3 Å². The number of benzene rings is 2. The van der Waals surface area contributed by atoms with E-state index in [1.54, 1.807) is 30.3 Å². The molecule has 2 heterocycles. The van der Waals surface area contributed by atoms with E-state index in [9.17, 15) is 13.2 Å². The van der Waals surface area contributed by atoms with E-state index < -0.39 is 15.4 Å². The molecule has 0 radical (unpaired) electrons. The van der Waals surface area contributed by atoms with Crippen molar-refractivity contribution in [1.29, 1.82) is 0 Å². The molecule has 27 heavy (non-hydrogen) atoms.